The fourth-order valence-electron chi connectivity index (χ4n) is 4.51. The van der Waals surface area contributed by atoms with E-state index in [0.29, 0.717) is 33.7 Å². The highest BCUT2D eigenvalue weighted by atomic mass is 19.4. The first kappa shape index (κ1) is 31.6. The van der Waals surface area contributed by atoms with Gasteiger partial charge in [0, 0.05) is 55.9 Å². The SMILES string of the molecule is C=C(C(C)=N/C=C\CCC)c1cn(-c2cc(F)cc(F)c2)c2ncnc(N3CCN(C(=O)OC(C)(C)C(F)(F)F)CC3)c12. The third-order valence-corrected chi connectivity index (χ3v) is 7.14. The van der Waals surface area contributed by atoms with Crippen molar-refractivity contribution >= 4 is 34.2 Å². The minimum atomic E-state index is -4.72. The van der Waals surface area contributed by atoms with Crippen molar-refractivity contribution < 1.29 is 31.5 Å². The lowest BCUT2D eigenvalue weighted by molar-refractivity contribution is -0.246. The van der Waals surface area contributed by atoms with Crippen molar-refractivity contribution in [1.82, 2.24) is 19.4 Å². The van der Waals surface area contributed by atoms with E-state index in [9.17, 15) is 26.7 Å². The number of ether oxygens (including phenoxy) is 1. The van der Waals surface area contributed by atoms with E-state index in [1.807, 2.05) is 11.0 Å². The van der Waals surface area contributed by atoms with Crippen LogP contribution in [0.15, 0.2) is 54.6 Å². The molecule has 8 nitrogen and oxygen atoms in total. The minimum absolute atomic E-state index is 0.0765. The summed E-state index contributed by atoms with van der Waals surface area (Å²) in [5.74, 6) is -1.06. The lowest BCUT2D eigenvalue weighted by Gasteiger charge is -2.37. The van der Waals surface area contributed by atoms with Gasteiger partial charge in [0.15, 0.2) is 5.65 Å². The lowest BCUT2D eigenvalue weighted by Crippen LogP contribution is -2.52. The molecule has 0 spiro atoms. The number of piperazine rings is 1. The maximum atomic E-state index is 14.2. The molecule has 4 rings (SSSR count). The van der Waals surface area contributed by atoms with Gasteiger partial charge in [0.2, 0.25) is 5.60 Å². The smallest absolute Gasteiger partial charge is 0.427 e. The van der Waals surface area contributed by atoms with Gasteiger partial charge in [0.1, 0.15) is 23.8 Å². The number of allylic oxidation sites excluding steroid dienone is 2. The van der Waals surface area contributed by atoms with E-state index in [4.69, 9.17) is 4.74 Å². The van der Waals surface area contributed by atoms with Crippen molar-refractivity contribution in [2.75, 3.05) is 31.1 Å². The Morgan fingerprint density at radius 3 is 2.35 bits per heavy atom. The molecule has 2 aromatic heterocycles. The van der Waals surface area contributed by atoms with Gasteiger partial charge in [-0.05, 0) is 44.9 Å². The molecule has 0 radical (unpaired) electrons. The third-order valence-electron chi connectivity index (χ3n) is 7.14. The first-order chi connectivity index (χ1) is 20.2. The molecule has 0 bridgehead atoms. The van der Waals surface area contributed by atoms with Crippen LogP contribution >= 0.6 is 0 Å². The maximum Gasteiger partial charge on any atom is 0.427 e. The number of rotatable bonds is 8. The molecule has 0 N–H and O–H groups in total. The molecule has 0 saturated carbocycles. The number of aliphatic imine (C=N–C) groups is 1. The summed E-state index contributed by atoms with van der Waals surface area (Å²) in [6.45, 7) is 10.3. The molecule has 13 heteroatoms. The van der Waals surface area contributed by atoms with Crippen molar-refractivity contribution in [3.05, 3.63) is 66.8 Å². The second kappa shape index (κ2) is 12.5. The zero-order chi connectivity index (χ0) is 31.5. The molecule has 3 heterocycles. The Kier molecular flexibility index (Phi) is 9.21. The molecular weight excluding hydrogens is 571 g/mol. The predicted molar refractivity (Wildman–Crippen MR) is 155 cm³/mol. The van der Waals surface area contributed by atoms with Crippen LogP contribution in [0.1, 0.15) is 46.1 Å². The molecule has 1 amide bonds. The summed E-state index contributed by atoms with van der Waals surface area (Å²) in [5.41, 5.74) is -0.368. The van der Waals surface area contributed by atoms with Crippen molar-refractivity contribution in [3.8, 4) is 5.69 Å². The van der Waals surface area contributed by atoms with Crippen molar-refractivity contribution in [3.63, 3.8) is 0 Å². The van der Waals surface area contributed by atoms with Crippen LogP contribution in [0.5, 0.6) is 0 Å². The quantitative estimate of drug-likeness (QED) is 0.203. The number of carbonyl (C=O) groups is 1. The van der Waals surface area contributed by atoms with Crippen LogP contribution in [0.3, 0.4) is 0 Å². The maximum absolute atomic E-state index is 14.2. The monoisotopic (exact) mass is 604 g/mol. The van der Waals surface area contributed by atoms with Crippen molar-refractivity contribution in [1.29, 1.82) is 0 Å². The Bertz CT molecular complexity index is 1550. The number of fused-ring (bicyclic) bond motifs is 1. The number of nitrogens with zero attached hydrogens (tertiary/aromatic N) is 6. The molecular formula is C30H33F5N6O2. The molecule has 3 aromatic rings. The van der Waals surface area contributed by atoms with E-state index >= 15 is 0 Å². The zero-order valence-electron chi connectivity index (χ0n) is 24.4. The number of hydrogen-bond donors (Lipinski definition) is 0. The molecule has 1 aliphatic rings. The molecule has 230 valence electrons. The Morgan fingerprint density at radius 1 is 1.09 bits per heavy atom. The van der Waals surface area contributed by atoms with E-state index < -0.39 is 29.5 Å². The fourth-order valence-corrected chi connectivity index (χ4v) is 4.51. The summed E-state index contributed by atoms with van der Waals surface area (Å²) in [6, 6.07) is 3.13. The number of carbonyl (C=O) groups excluding carboxylic acids is 1. The minimum Gasteiger partial charge on any atom is -0.434 e. The molecule has 1 saturated heterocycles. The molecule has 43 heavy (non-hydrogen) atoms. The number of amides is 1. The van der Waals surface area contributed by atoms with Gasteiger partial charge >= 0.3 is 12.3 Å². The Balaban J connectivity index is 1.71. The van der Waals surface area contributed by atoms with Crippen LogP contribution in [0.25, 0.3) is 22.3 Å². The number of unbranched alkanes of at least 4 members (excludes halogenated alkanes) is 1. The van der Waals surface area contributed by atoms with E-state index in [1.165, 1.54) is 23.4 Å². The van der Waals surface area contributed by atoms with Gasteiger partial charge in [-0.25, -0.2) is 23.5 Å². The van der Waals surface area contributed by atoms with E-state index in [0.717, 1.165) is 32.8 Å². The molecule has 0 atom stereocenters. The van der Waals surface area contributed by atoms with Crippen LogP contribution in [0, 0.1) is 11.6 Å². The number of anilines is 1. The zero-order valence-corrected chi connectivity index (χ0v) is 24.4. The summed E-state index contributed by atoms with van der Waals surface area (Å²) in [4.78, 5) is 29.0. The van der Waals surface area contributed by atoms with Gasteiger partial charge in [-0.15, -0.1) is 0 Å². The highest BCUT2D eigenvalue weighted by Gasteiger charge is 2.51. The average Bonchev–Trinajstić information content (AvgIpc) is 3.33. The average molecular weight is 605 g/mol. The van der Waals surface area contributed by atoms with Crippen LogP contribution in [-0.2, 0) is 4.74 Å². The van der Waals surface area contributed by atoms with E-state index in [2.05, 4.69) is 28.5 Å². The van der Waals surface area contributed by atoms with E-state index in [-0.39, 0.29) is 31.9 Å². The highest BCUT2D eigenvalue weighted by molar-refractivity contribution is 6.25. The summed E-state index contributed by atoms with van der Waals surface area (Å²) >= 11 is 0. The molecule has 1 fully saturated rings. The normalized spacial score (nSPS) is 15.0. The standard InChI is InChI=1S/C30H33F5N6O2/c1-6-7-8-9-36-20(3)19(2)24-17-41(23-15-21(31)14-22(32)16-23)27-25(24)26(37-18-38-27)39-10-12-40(13-11-39)28(42)43-29(4,5)30(33,34)35/h8-9,14-18H,2,6-7,10-13H2,1,3-5H3/b9-8-,36-20?. The summed E-state index contributed by atoms with van der Waals surface area (Å²) in [5, 5.41) is 0.540. The third kappa shape index (κ3) is 6.86. The fraction of sp³-hybridized carbons (Fsp3) is 0.400. The van der Waals surface area contributed by atoms with Gasteiger partial charge in [-0.2, -0.15) is 13.2 Å². The van der Waals surface area contributed by atoms with Gasteiger partial charge in [0.05, 0.1) is 11.1 Å². The first-order valence-electron chi connectivity index (χ1n) is 13.7. The number of aromatic nitrogens is 3. The van der Waals surface area contributed by atoms with Crippen LogP contribution in [0.2, 0.25) is 0 Å². The van der Waals surface area contributed by atoms with Gasteiger partial charge in [-0.3, -0.25) is 4.99 Å². The Morgan fingerprint density at radius 2 is 1.74 bits per heavy atom. The van der Waals surface area contributed by atoms with Crippen LogP contribution in [0.4, 0.5) is 32.6 Å². The predicted octanol–water partition coefficient (Wildman–Crippen LogP) is 7.09. The number of halogens is 5. The lowest BCUT2D eigenvalue weighted by atomic mass is 10.0. The van der Waals surface area contributed by atoms with Crippen molar-refractivity contribution in [2.24, 2.45) is 4.99 Å². The number of alkyl halides is 3. The Labute approximate surface area is 246 Å². The number of hydrogen-bond acceptors (Lipinski definition) is 6. The van der Waals surface area contributed by atoms with Crippen LogP contribution < -0.4 is 4.90 Å². The largest absolute Gasteiger partial charge is 0.434 e. The second-order valence-corrected chi connectivity index (χ2v) is 10.7. The van der Waals surface area contributed by atoms with Gasteiger partial charge in [-0.1, -0.05) is 26.0 Å². The molecule has 1 aliphatic heterocycles. The number of benzene rings is 1. The summed E-state index contributed by atoms with van der Waals surface area (Å²) in [6.07, 6.45) is 2.66. The van der Waals surface area contributed by atoms with E-state index in [1.54, 1.807) is 23.9 Å². The molecule has 1 aromatic carbocycles. The first-order valence-corrected chi connectivity index (χ1v) is 13.7. The van der Waals surface area contributed by atoms with Crippen molar-refractivity contribution in [2.45, 2.75) is 52.3 Å². The molecule has 0 unspecified atom stereocenters. The topological polar surface area (TPSA) is 75.9 Å². The molecule has 0 aliphatic carbocycles. The van der Waals surface area contributed by atoms with Crippen LogP contribution in [-0.4, -0.2) is 69.2 Å². The summed E-state index contributed by atoms with van der Waals surface area (Å²) < 4.78 is 74.5. The second-order valence-electron chi connectivity index (χ2n) is 10.7. The Hall–Kier alpha value is -4.29. The van der Waals surface area contributed by atoms with Gasteiger partial charge in [0.25, 0.3) is 0 Å². The summed E-state index contributed by atoms with van der Waals surface area (Å²) in [7, 11) is 0. The highest BCUT2D eigenvalue weighted by Crippen LogP contribution is 2.36. The van der Waals surface area contributed by atoms with Gasteiger partial charge < -0.3 is 19.1 Å².